The van der Waals surface area contributed by atoms with Gasteiger partial charge in [0.2, 0.25) is 0 Å². The second-order valence-electron chi connectivity index (χ2n) is 3.97. The minimum absolute atomic E-state index is 0.244. The lowest BCUT2D eigenvalue weighted by Crippen LogP contribution is -2.22. The molecular weight excluding hydrogens is 206 g/mol. The van der Waals surface area contributed by atoms with E-state index in [1.165, 1.54) is 0 Å². The van der Waals surface area contributed by atoms with Gasteiger partial charge in [-0.05, 0) is 18.6 Å². The zero-order chi connectivity index (χ0) is 11.5. The van der Waals surface area contributed by atoms with Crippen LogP contribution in [0.3, 0.4) is 0 Å². The van der Waals surface area contributed by atoms with Gasteiger partial charge in [0.1, 0.15) is 5.75 Å². The summed E-state index contributed by atoms with van der Waals surface area (Å²) in [6.07, 6.45) is 0.715. The molecule has 1 aromatic carbocycles. The van der Waals surface area contributed by atoms with Crippen molar-refractivity contribution in [1.29, 1.82) is 0 Å². The van der Waals surface area contributed by atoms with Crippen molar-refractivity contribution >= 4 is 11.7 Å². The number of carboxylic acid groups (broad SMARTS) is 1. The molecule has 1 aromatic rings. The van der Waals surface area contributed by atoms with E-state index >= 15 is 0 Å². The van der Waals surface area contributed by atoms with Gasteiger partial charge in [0.15, 0.2) is 0 Å². The van der Waals surface area contributed by atoms with Crippen LogP contribution in [-0.2, 0) is 4.79 Å². The molecule has 1 atom stereocenters. The number of carbonyl (C=O) groups is 1. The highest BCUT2D eigenvalue weighted by Crippen LogP contribution is 2.26. The van der Waals surface area contributed by atoms with Crippen LogP contribution in [0, 0.1) is 5.92 Å². The van der Waals surface area contributed by atoms with Crippen LogP contribution in [0.5, 0.6) is 5.75 Å². The van der Waals surface area contributed by atoms with Crippen molar-refractivity contribution in [3.8, 4) is 5.75 Å². The smallest absolute Gasteiger partial charge is 0.308 e. The van der Waals surface area contributed by atoms with Gasteiger partial charge in [-0.15, -0.1) is 0 Å². The fourth-order valence-electron chi connectivity index (χ4n) is 2.00. The topological polar surface area (TPSA) is 49.8 Å². The van der Waals surface area contributed by atoms with E-state index in [2.05, 4.69) is 4.90 Å². The zero-order valence-electron chi connectivity index (χ0n) is 9.22. The van der Waals surface area contributed by atoms with Gasteiger partial charge in [0, 0.05) is 24.8 Å². The van der Waals surface area contributed by atoms with Gasteiger partial charge in [-0.25, -0.2) is 0 Å². The van der Waals surface area contributed by atoms with Gasteiger partial charge in [-0.3, -0.25) is 4.79 Å². The quantitative estimate of drug-likeness (QED) is 0.842. The molecule has 0 aliphatic carbocycles. The largest absolute Gasteiger partial charge is 0.497 e. The lowest BCUT2D eigenvalue weighted by Gasteiger charge is -2.18. The molecule has 1 saturated heterocycles. The Bertz CT molecular complexity index is 392. The third kappa shape index (κ3) is 2.10. The molecule has 16 heavy (non-hydrogen) atoms. The van der Waals surface area contributed by atoms with Crippen molar-refractivity contribution in [3.63, 3.8) is 0 Å². The second-order valence-corrected chi connectivity index (χ2v) is 3.97. The van der Waals surface area contributed by atoms with E-state index in [9.17, 15) is 4.79 Å². The summed E-state index contributed by atoms with van der Waals surface area (Å²) in [6.45, 7) is 1.38. The van der Waals surface area contributed by atoms with Crippen LogP contribution >= 0.6 is 0 Å². The summed E-state index contributed by atoms with van der Waals surface area (Å²) in [5.41, 5.74) is 1.03. The molecule has 1 fully saturated rings. The van der Waals surface area contributed by atoms with Crippen LogP contribution in [-0.4, -0.2) is 31.3 Å². The summed E-state index contributed by atoms with van der Waals surface area (Å²) in [7, 11) is 1.63. The van der Waals surface area contributed by atoms with Gasteiger partial charge >= 0.3 is 5.97 Å². The Hall–Kier alpha value is -1.71. The van der Waals surface area contributed by atoms with Crippen LogP contribution in [0.1, 0.15) is 6.42 Å². The summed E-state index contributed by atoms with van der Waals surface area (Å²) in [5.74, 6) is -0.145. The van der Waals surface area contributed by atoms with Gasteiger partial charge in [-0.2, -0.15) is 0 Å². The molecule has 86 valence electrons. The van der Waals surface area contributed by atoms with Gasteiger partial charge in [0.25, 0.3) is 0 Å². The third-order valence-corrected chi connectivity index (χ3v) is 2.96. The predicted octanol–water partition coefficient (Wildman–Crippen LogP) is 1.61. The number of anilines is 1. The lowest BCUT2D eigenvalue weighted by atomic mass is 10.1. The number of ether oxygens (including phenoxy) is 1. The van der Waals surface area contributed by atoms with Crippen LogP contribution in [0.4, 0.5) is 5.69 Å². The first-order valence-electron chi connectivity index (χ1n) is 5.32. The first kappa shape index (κ1) is 10.8. The standard InChI is InChI=1S/C12H15NO3/c1-16-11-4-2-3-10(7-11)13-6-5-9(8-13)12(14)15/h2-4,7,9H,5-6,8H2,1H3,(H,14,15)/t9-/m1/s1. The van der Waals surface area contributed by atoms with E-state index in [-0.39, 0.29) is 5.92 Å². The molecule has 2 rings (SSSR count). The van der Waals surface area contributed by atoms with E-state index in [1.807, 2.05) is 24.3 Å². The normalized spacial score (nSPS) is 19.8. The minimum Gasteiger partial charge on any atom is -0.497 e. The van der Waals surface area contributed by atoms with Crippen molar-refractivity contribution < 1.29 is 14.6 Å². The summed E-state index contributed by atoms with van der Waals surface area (Å²) >= 11 is 0. The highest BCUT2D eigenvalue weighted by Gasteiger charge is 2.28. The number of carboxylic acids is 1. The van der Waals surface area contributed by atoms with Crippen molar-refractivity contribution in [1.82, 2.24) is 0 Å². The number of rotatable bonds is 3. The van der Waals surface area contributed by atoms with Crippen LogP contribution in [0.15, 0.2) is 24.3 Å². The fourth-order valence-corrected chi connectivity index (χ4v) is 2.00. The van der Waals surface area contributed by atoms with Crippen molar-refractivity contribution in [2.45, 2.75) is 6.42 Å². The number of aliphatic carboxylic acids is 1. The molecule has 0 radical (unpaired) electrons. The molecule has 4 heteroatoms. The van der Waals surface area contributed by atoms with E-state index in [0.717, 1.165) is 18.0 Å². The van der Waals surface area contributed by atoms with Gasteiger partial charge < -0.3 is 14.7 Å². The summed E-state index contributed by atoms with van der Waals surface area (Å²) in [5, 5.41) is 8.93. The molecule has 0 amide bonds. The Morgan fingerprint density at radius 3 is 3.00 bits per heavy atom. The van der Waals surface area contributed by atoms with Crippen LogP contribution < -0.4 is 9.64 Å². The molecule has 4 nitrogen and oxygen atoms in total. The molecule has 1 heterocycles. The molecule has 1 aliphatic heterocycles. The Balaban J connectivity index is 2.11. The minimum atomic E-state index is -0.703. The van der Waals surface area contributed by atoms with Crippen molar-refractivity contribution in [2.24, 2.45) is 5.92 Å². The number of nitrogens with zero attached hydrogens (tertiary/aromatic N) is 1. The maximum absolute atomic E-state index is 10.9. The molecule has 0 saturated carbocycles. The summed E-state index contributed by atoms with van der Waals surface area (Å²) < 4.78 is 5.15. The molecule has 0 spiro atoms. The molecule has 0 aromatic heterocycles. The maximum Gasteiger partial charge on any atom is 0.308 e. The molecular formula is C12H15NO3. The van der Waals surface area contributed by atoms with Gasteiger partial charge in [0.05, 0.1) is 13.0 Å². The Morgan fingerprint density at radius 2 is 2.38 bits per heavy atom. The average molecular weight is 221 g/mol. The Kier molecular flexibility index (Phi) is 2.99. The molecule has 0 unspecified atom stereocenters. The van der Waals surface area contributed by atoms with E-state index < -0.39 is 5.97 Å². The third-order valence-electron chi connectivity index (χ3n) is 2.96. The Labute approximate surface area is 94.4 Å². The fraction of sp³-hybridized carbons (Fsp3) is 0.417. The monoisotopic (exact) mass is 221 g/mol. The highest BCUT2D eigenvalue weighted by atomic mass is 16.5. The van der Waals surface area contributed by atoms with Crippen molar-refractivity contribution in [2.75, 3.05) is 25.1 Å². The zero-order valence-corrected chi connectivity index (χ0v) is 9.22. The number of hydrogen-bond donors (Lipinski definition) is 1. The SMILES string of the molecule is COc1cccc(N2CC[C@@H](C(=O)O)C2)c1. The van der Waals surface area contributed by atoms with E-state index in [0.29, 0.717) is 13.0 Å². The Morgan fingerprint density at radius 1 is 1.56 bits per heavy atom. The predicted molar refractivity (Wildman–Crippen MR) is 60.9 cm³/mol. The maximum atomic E-state index is 10.9. The average Bonchev–Trinajstić information content (AvgIpc) is 2.78. The second kappa shape index (κ2) is 4.43. The number of benzene rings is 1. The summed E-state index contributed by atoms with van der Waals surface area (Å²) in [4.78, 5) is 12.9. The van der Waals surface area contributed by atoms with Gasteiger partial charge in [-0.1, -0.05) is 6.07 Å². The van der Waals surface area contributed by atoms with Crippen LogP contribution in [0.2, 0.25) is 0 Å². The molecule has 1 aliphatic rings. The lowest BCUT2D eigenvalue weighted by molar-refractivity contribution is -0.140. The first-order valence-corrected chi connectivity index (χ1v) is 5.32. The van der Waals surface area contributed by atoms with Crippen LogP contribution in [0.25, 0.3) is 0 Å². The molecule has 1 N–H and O–H groups in total. The van der Waals surface area contributed by atoms with E-state index in [4.69, 9.17) is 9.84 Å². The van der Waals surface area contributed by atoms with Crippen molar-refractivity contribution in [3.05, 3.63) is 24.3 Å². The number of hydrogen-bond acceptors (Lipinski definition) is 3. The molecule has 0 bridgehead atoms. The number of methoxy groups -OCH3 is 1. The first-order chi connectivity index (χ1) is 7.70. The summed E-state index contributed by atoms with van der Waals surface area (Å²) in [6, 6.07) is 7.72. The highest BCUT2D eigenvalue weighted by molar-refractivity contribution is 5.72. The van der Waals surface area contributed by atoms with E-state index in [1.54, 1.807) is 7.11 Å².